The molecule has 0 amide bonds. The maximum Gasteiger partial charge on any atom is 0.158 e. The highest BCUT2D eigenvalue weighted by Crippen LogP contribution is 2.23. The molecule has 0 aliphatic rings. The number of nitrogens with zero attached hydrogens (tertiary/aromatic N) is 4. The normalized spacial score (nSPS) is 11.1. The Kier molecular flexibility index (Phi) is 2.03. The van der Waals surface area contributed by atoms with Crippen LogP contribution in [0, 0.1) is 0 Å². The summed E-state index contributed by atoms with van der Waals surface area (Å²) in [4.78, 5) is 11.9. The highest BCUT2D eigenvalue weighted by molar-refractivity contribution is 9.10. The number of aryl methyl sites for hydroxylation is 1. The topological polar surface area (TPSA) is 59.4 Å². The van der Waals surface area contributed by atoms with Crippen LogP contribution < -0.4 is 0 Å². The Hall–Kier alpha value is -1.69. The van der Waals surface area contributed by atoms with E-state index in [1.807, 2.05) is 19.3 Å². The number of imidazole rings is 1. The smallest absolute Gasteiger partial charge is 0.158 e. The Morgan fingerprint density at radius 2 is 2.31 bits per heavy atom. The predicted octanol–water partition coefficient (Wildman–Crippen LogP) is 2.12. The molecule has 0 saturated heterocycles. The predicted molar refractivity (Wildman–Crippen MR) is 63.8 cm³/mol. The fourth-order valence-corrected chi connectivity index (χ4v) is 1.96. The van der Waals surface area contributed by atoms with Crippen LogP contribution in [0.25, 0.3) is 22.6 Å². The molecule has 3 rings (SSSR count). The summed E-state index contributed by atoms with van der Waals surface area (Å²) in [6.45, 7) is 0. The number of fused-ring (bicyclic) bond motifs is 1. The first kappa shape index (κ1) is 9.53. The molecule has 3 heterocycles. The molecule has 16 heavy (non-hydrogen) atoms. The highest BCUT2D eigenvalue weighted by Gasteiger charge is 2.09. The Morgan fingerprint density at radius 3 is 3.00 bits per heavy atom. The van der Waals surface area contributed by atoms with Gasteiger partial charge in [-0.25, -0.2) is 9.97 Å². The number of rotatable bonds is 1. The van der Waals surface area contributed by atoms with Crippen LogP contribution in [0.4, 0.5) is 0 Å². The number of nitrogens with one attached hydrogen (secondary N) is 1. The maximum atomic E-state index is 4.48. The molecule has 6 heteroatoms. The van der Waals surface area contributed by atoms with Crippen molar-refractivity contribution < 1.29 is 0 Å². The van der Waals surface area contributed by atoms with Gasteiger partial charge in [0.05, 0.1) is 11.8 Å². The third-order valence-electron chi connectivity index (χ3n) is 2.31. The van der Waals surface area contributed by atoms with Gasteiger partial charge in [0.1, 0.15) is 11.3 Å². The zero-order valence-electron chi connectivity index (χ0n) is 8.48. The van der Waals surface area contributed by atoms with Crippen LogP contribution in [0.5, 0.6) is 0 Å². The average Bonchev–Trinajstić information content (AvgIpc) is 2.84. The number of halogens is 1. The minimum atomic E-state index is 0.772. The van der Waals surface area contributed by atoms with Crippen molar-refractivity contribution in [1.29, 1.82) is 0 Å². The molecule has 0 aliphatic carbocycles. The molecular formula is C10H8BrN5. The first-order valence-corrected chi connectivity index (χ1v) is 5.52. The van der Waals surface area contributed by atoms with Gasteiger partial charge in [-0.15, -0.1) is 0 Å². The van der Waals surface area contributed by atoms with Crippen molar-refractivity contribution in [3.63, 3.8) is 0 Å². The summed E-state index contributed by atoms with van der Waals surface area (Å²) in [6, 6.07) is 1.87. The lowest BCUT2D eigenvalue weighted by Crippen LogP contribution is -1.84. The van der Waals surface area contributed by atoms with Gasteiger partial charge in [-0.2, -0.15) is 5.10 Å². The molecule has 3 aromatic heterocycles. The standard InChI is InChI=1S/C10H8BrN5/c1-16-5-6(4-13-16)9-14-8-7(11)2-3-12-10(8)15-9/h2-5H,1H3,(H,12,14,15). The van der Waals surface area contributed by atoms with Crippen molar-refractivity contribution in [2.24, 2.45) is 7.05 Å². The van der Waals surface area contributed by atoms with Crippen LogP contribution in [0.3, 0.4) is 0 Å². The lowest BCUT2D eigenvalue weighted by atomic mass is 10.3. The van der Waals surface area contributed by atoms with E-state index in [-0.39, 0.29) is 0 Å². The van der Waals surface area contributed by atoms with Crippen molar-refractivity contribution >= 4 is 27.1 Å². The van der Waals surface area contributed by atoms with Crippen LogP contribution in [-0.4, -0.2) is 24.7 Å². The van der Waals surface area contributed by atoms with Gasteiger partial charge < -0.3 is 4.98 Å². The quantitative estimate of drug-likeness (QED) is 0.741. The molecule has 5 nitrogen and oxygen atoms in total. The second-order valence-corrected chi connectivity index (χ2v) is 4.33. The van der Waals surface area contributed by atoms with Crippen LogP contribution in [0.2, 0.25) is 0 Å². The van der Waals surface area contributed by atoms with E-state index in [4.69, 9.17) is 0 Å². The Balaban J connectivity index is 2.22. The van der Waals surface area contributed by atoms with Gasteiger partial charge in [0.2, 0.25) is 0 Å². The lowest BCUT2D eigenvalue weighted by Gasteiger charge is -1.87. The Bertz CT molecular complexity index is 654. The monoisotopic (exact) mass is 277 g/mol. The van der Waals surface area contributed by atoms with E-state index in [0.717, 1.165) is 27.0 Å². The third-order valence-corrected chi connectivity index (χ3v) is 2.95. The third kappa shape index (κ3) is 1.42. The zero-order valence-corrected chi connectivity index (χ0v) is 10.1. The molecule has 0 aromatic carbocycles. The minimum Gasteiger partial charge on any atom is -0.322 e. The summed E-state index contributed by atoms with van der Waals surface area (Å²) < 4.78 is 2.68. The van der Waals surface area contributed by atoms with Crippen molar-refractivity contribution in [3.8, 4) is 11.4 Å². The molecule has 1 N–H and O–H groups in total. The Morgan fingerprint density at radius 1 is 1.44 bits per heavy atom. The molecule has 0 saturated carbocycles. The summed E-state index contributed by atoms with van der Waals surface area (Å²) in [7, 11) is 1.88. The van der Waals surface area contributed by atoms with Crippen molar-refractivity contribution in [2.75, 3.05) is 0 Å². The van der Waals surface area contributed by atoms with Gasteiger partial charge in [0.25, 0.3) is 0 Å². The summed E-state index contributed by atoms with van der Waals surface area (Å²) in [5, 5.41) is 4.11. The van der Waals surface area contributed by atoms with Gasteiger partial charge >= 0.3 is 0 Å². The van der Waals surface area contributed by atoms with E-state index in [2.05, 4.69) is 36.0 Å². The van der Waals surface area contributed by atoms with E-state index in [0.29, 0.717) is 0 Å². The largest absolute Gasteiger partial charge is 0.322 e. The molecule has 0 aliphatic heterocycles. The molecule has 0 radical (unpaired) electrons. The summed E-state index contributed by atoms with van der Waals surface area (Å²) in [5.41, 5.74) is 2.56. The summed E-state index contributed by atoms with van der Waals surface area (Å²) >= 11 is 3.44. The maximum absolute atomic E-state index is 4.48. The van der Waals surface area contributed by atoms with Gasteiger partial charge in [-0.3, -0.25) is 4.68 Å². The van der Waals surface area contributed by atoms with Crippen molar-refractivity contribution in [3.05, 3.63) is 29.1 Å². The SMILES string of the molecule is Cn1cc(-c2nc3c(Br)ccnc3[nH]2)cn1. The van der Waals surface area contributed by atoms with Gasteiger partial charge in [-0.05, 0) is 22.0 Å². The average molecular weight is 278 g/mol. The molecule has 80 valence electrons. The number of pyridine rings is 1. The summed E-state index contributed by atoms with van der Waals surface area (Å²) in [5.74, 6) is 0.780. The van der Waals surface area contributed by atoms with Gasteiger partial charge in [0, 0.05) is 23.9 Å². The molecule has 0 atom stereocenters. The second-order valence-electron chi connectivity index (χ2n) is 3.48. The van der Waals surface area contributed by atoms with E-state index in [1.54, 1.807) is 17.1 Å². The number of aromatic amines is 1. The van der Waals surface area contributed by atoms with Gasteiger partial charge in [-0.1, -0.05) is 0 Å². The van der Waals surface area contributed by atoms with Crippen LogP contribution in [0.1, 0.15) is 0 Å². The van der Waals surface area contributed by atoms with Crippen LogP contribution >= 0.6 is 15.9 Å². The van der Waals surface area contributed by atoms with E-state index in [9.17, 15) is 0 Å². The molecule has 0 unspecified atom stereocenters. The van der Waals surface area contributed by atoms with Crippen LogP contribution in [-0.2, 0) is 7.05 Å². The first-order chi connectivity index (χ1) is 7.74. The number of hydrogen-bond donors (Lipinski definition) is 1. The molecular weight excluding hydrogens is 270 g/mol. The number of H-pyrrole nitrogens is 1. The molecule has 0 spiro atoms. The number of hydrogen-bond acceptors (Lipinski definition) is 3. The lowest BCUT2D eigenvalue weighted by molar-refractivity contribution is 0.768. The van der Waals surface area contributed by atoms with Crippen LogP contribution in [0.15, 0.2) is 29.1 Å². The molecule has 3 aromatic rings. The zero-order chi connectivity index (χ0) is 11.1. The van der Waals surface area contributed by atoms with E-state index in [1.165, 1.54) is 0 Å². The van der Waals surface area contributed by atoms with E-state index >= 15 is 0 Å². The minimum absolute atomic E-state index is 0.772. The van der Waals surface area contributed by atoms with Gasteiger partial charge in [0.15, 0.2) is 5.65 Å². The van der Waals surface area contributed by atoms with Crippen molar-refractivity contribution in [1.82, 2.24) is 24.7 Å². The first-order valence-electron chi connectivity index (χ1n) is 4.73. The second kappa shape index (κ2) is 3.41. The molecule has 0 bridgehead atoms. The Labute approximate surface area is 99.7 Å². The summed E-state index contributed by atoms with van der Waals surface area (Å²) in [6.07, 6.45) is 5.41. The highest BCUT2D eigenvalue weighted by atomic mass is 79.9. The number of aromatic nitrogens is 5. The fourth-order valence-electron chi connectivity index (χ4n) is 1.56. The van der Waals surface area contributed by atoms with Crippen molar-refractivity contribution in [2.45, 2.75) is 0 Å². The fraction of sp³-hybridized carbons (Fsp3) is 0.100. The molecule has 0 fully saturated rings. The van der Waals surface area contributed by atoms with E-state index < -0.39 is 0 Å².